The van der Waals surface area contributed by atoms with Gasteiger partial charge in [-0.25, -0.2) is 0 Å². The van der Waals surface area contributed by atoms with Crippen molar-refractivity contribution in [1.82, 2.24) is 0 Å². The topological polar surface area (TPSA) is 86.2 Å². The van der Waals surface area contributed by atoms with Crippen molar-refractivity contribution in [1.29, 1.82) is 0 Å². The first-order valence-electron chi connectivity index (χ1n) is 6.55. The van der Waals surface area contributed by atoms with Crippen LogP contribution in [0, 0.1) is 13.8 Å². The Morgan fingerprint density at radius 2 is 1.14 bits per heavy atom. The van der Waals surface area contributed by atoms with Crippen LogP contribution in [-0.4, -0.2) is 11.8 Å². The van der Waals surface area contributed by atoms with Gasteiger partial charge in [-0.1, -0.05) is 45.9 Å². The molecular formula is C16H16N2O2S2. The molecule has 2 aromatic rings. The molecule has 0 unspecified atom stereocenters. The lowest BCUT2D eigenvalue weighted by molar-refractivity contribution is 0.0989. The van der Waals surface area contributed by atoms with Crippen molar-refractivity contribution >= 4 is 33.4 Å². The van der Waals surface area contributed by atoms with Gasteiger partial charge in [0.15, 0.2) is 0 Å². The molecule has 0 spiro atoms. The third-order valence-corrected chi connectivity index (χ3v) is 5.91. The highest BCUT2D eigenvalue weighted by molar-refractivity contribution is 8.76. The minimum atomic E-state index is -0.466. The molecular weight excluding hydrogens is 316 g/mol. The average Bonchev–Trinajstić information content (AvgIpc) is 2.46. The zero-order chi connectivity index (χ0) is 16.3. The Morgan fingerprint density at radius 3 is 1.45 bits per heavy atom. The van der Waals surface area contributed by atoms with Crippen molar-refractivity contribution in [2.75, 3.05) is 0 Å². The van der Waals surface area contributed by atoms with Crippen molar-refractivity contribution in [3.63, 3.8) is 0 Å². The summed E-state index contributed by atoms with van der Waals surface area (Å²) in [5.74, 6) is -0.932. The standard InChI is InChI=1S/C16H16N2O2S2/c1-9-5-3-7-11(15(17)19)13(9)21-22-14-10(2)6-4-8-12(14)16(18)20/h3-8H,1-2H3,(H2,17,19)(H2,18,20). The van der Waals surface area contributed by atoms with Gasteiger partial charge in [-0.15, -0.1) is 0 Å². The molecule has 6 heteroatoms. The molecule has 0 bridgehead atoms. The van der Waals surface area contributed by atoms with Gasteiger partial charge in [-0.05, 0) is 37.1 Å². The summed E-state index contributed by atoms with van der Waals surface area (Å²) in [5, 5.41) is 0. The van der Waals surface area contributed by atoms with Crippen LogP contribution >= 0.6 is 21.6 Å². The summed E-state index contributed by atoms with van der Waals surface area (Å²) in [4.78, 5) is 24.7. The molecule has 0 aliphatic heterocycles. The van der Waals surface area contributed by atoms with E-state index < -0.39 is 11.8 Å². The quantitative estimate of drug-likeness (QED) is 0.823. The Hall–Kier alpha value is -1.92. The van der Waals surface area contributed by atoms with Crippen LogP contribution in [0.25, 0.3) is 0 Å². The number of nitrogens with two attached hydrogens (primary N) is 2. The molecule has 0 heterocycles. The van der Waals surface area contributed by atoms with Crippen LogP contribution in [0.1, 0.15) is 31.8 Å². The fraction of sp³-hybridized carbons (Fsp3) is 0.125. The molecule has 0 aliphatic rings. The zero-order valence-corrected chi connectivity index (χ0v) is 13.9. The smallest absolute Gasteiger partial charge is 0.249 e. The monoisotopic (exact) mass is 332 g/mol. The second kappa shape index (κ2) is 6.89. The number of rotatable bonds is 5. The Kier molecular flexibility index (Phi) is 5.15. The van der Waals surface area contributed by atoms with Gasteiger partial charge in [0.25, 0.3) is 0 Å². The molecule has 0 atom stereocenters. The van der Waals surface area contributed by atoms with Crippen LogP contribution < -0.4 is 11.5 Å². The first-order valence-corrected chi connectivity index (χ1v) is 8.70. The largest absolute Gasteiger partial charge is 0.366 e. The Labute approximate surface area is 137 Å². The third kappa shape index (κ3) is 3.45. The van der Waals surface area contributed by atoms with E-state index in [4.69, 9.17) is 11.5 Å². The maximum absolute atomic E-state index is 11.6. The number of benzene rings is 2. The van der Waals surface area contributed by atoms with Crippen molar-refractivity contribution in [3.8, 4) is 0 Å². The zero-order valence-electron chi connectivity index (χ0n) is 12.3. The van der Waals surface area contributed by atoms with Crippen molar-refractivity contribution in [3.05, 3.63) is 58.7 Å². The van der Waals surface area contributed by atoms with Gasteiger partial charge < -0.3 is 11.5 Å². The van der Waals surface area contributed by atoms with Gasteiger partial charge in [0.1, 0.15) is 0 Å². The number of hydrogen-bond acceptors (Lipinski definition) is 4. The average molecular weight is 332 g/mol. The summed E-state index contributed by atoms with van der Waals surface area (Å²) in [6.45, 7) is 3.84. The second-order valence-electron chi connectivity index (χ2n) is 4.80. The first kappa shape index (κ1) is 16.5. The fourth-order valence-corrected chi connectivity index (χ4v) is 4.91. The molecule has 2 rings (SSSR count). The Morgan fingerprint density at radius 1 is 0.773 bits per heavy atom. The highest BCUT2D eigenvalue weighted by atomic mass is 33.1. The first-order chi connectivity index (χ1) is 10.4. The summed E-state index contributed by atoms with van der Waals surface area (Å²) < 4.78 is 0. The van der Waals surface area contributed by atoms with Crippen molar-refractivity contribution in [2.24, 2.45) is 11.5 Å². The highest BCUT2D eigenvalue weighted by Gasteiger charge is 2.15. The number of carbonyl (C=O) groups excluding carboxylic acids is 2. The van der Waals surface area contributed by atoms with E-state index in [2.05, 4.69) is 0 Å². The molecule has 0 aromatic heterocycles. The molecule has 0 saturated carbocycles. The van der Waals surface area contributed by atoms with E-state index in [1.165, 1.54) is 21.6 Å². The van der Waals surface area contributed by atoms with Gasteiger partial charge in [0, 0.05) is 9.79 Å². The molecule has 0 fully saturated rings. The summed E-state index contributed by atoms with van der Waals surface area (Å²) in [5.41, 5.74) is 13.7. The lowest BCUT2D eigenvalue weighted by atomic mass is 10.1. The van der Waals surface area contributed by atoms with Crippen LogP contribution in [0.2, 0.25) is 0 Å². The van der Waals surface area contributed by atoms with Crippen molar-refractivity contribution < 1.29 is 9.59 Å². The van der Waals surface area contributed by atoms with Crippen LogP contribution in [0.3, 0.4) is 0 Å². The molecule has 0 saturated heterocycles. The SMILES string of the molecule is Cc1cccc(C(N)=O)c1SSc1c(C)cccc1C(N)=O. The predicted molar refractivity (Wildman–Crippen MR) is 91.1 cm³/mol. The van der Waals surface area contributed by atoms with Gasteiger partial charge in [-0.3, -0.25) is 9.59 Å². The summed E-state index contributed by atoms with van der Waals surface area (Å²) >= 11 is 0. The maximum Gasteiger partial charge on any atom is 0.249 e. The van der Waals surface area contributed by atoms with Gasteiger partial charge in [0.05, 0.1) is 11.1 Å². The minimum absolute atomic E-state index is 0.466. The molecule has 2 amide bonds. The van der Waals surface area contributed by atoms with E-state index in [1.807, 2.05) is 26.0 Å². The van der Waals surface area contributed by atoms with Gasteiger partial charge in [-0.2, -0.15) is 0 Å². The van der Waals surface area contributed by atoms with Gasteiger partial charge >= 0.3 is 0 Å². The molecule has 4 N–H and O–H groups in total. The van der Waals surface area contributed by atoms with Crippen LogP contribution in [0.5, 0.6) is 0 Å². The molecule has 114 valence electrons. The predicted octanol–water partition coefficient (Wildman–Crippen LogP) is 3.30. The molecule has 0 aliphatic carbocycles. The van der Waals surface area contributed by atoms with Gasteiger partial charge in [0.2, 0.25) is 11.8 Å². The fourth-order valence-electron chi connectivity index (χ4n) is 2.00. The number of primary amides is 2. The number of amides is 2. The second-order valence-corrected chi connectivity index (χ2v) is 6.95. The Bertz CT molecular complexity index is 681. The van der Waals surface area contributed by atoms with E-state index in [-0.39, 0.29) is 0 Å². The molecule has 2 aromatic carbocycles. The van der Waals surface area contributed by atoms with E-state index in [9.17, 15) is 9.59 Å². The van der Waals surface area contributed by atoms with Crippen LogP contribution in [-0.2, 0) is 0 Å². The summed E-state index contributed by atoms with van der Waals surface area (Å²) in [7, 11) is 2.82. The molecule has 0 radical (unpaired) electrons. The number of hydrogen-bond donors (Lipinski definition) is 2. The third-order valence-electron chi connectivity index (χ3n) is 3.16. The molecule has 22 heavy (non-hydrogen) atoms. The van der Waals surface area contributed by atoms with E-state index in [0.717, 1.165) is 20.9 Å². The van der Waals surface area contributed by atoms with Crippen LogP contribution in [0.4, 0.5) is 0 Å². The highest BCUT2D eigenvalue weighted by Crippen LogP contribution is 2.43. The van der Waals surface area contributed by atoms with E-state index in [0.29, 0.717) is 11.1 Å². The maximum atomic E-state index is 11.6. The van der Waals surface area contributed by atoms with E-state index >= 15 is 0 Å². The number of carbonyl (C=O) groups is 2. The lowest BCUT2D eigenvalue weighted by Crippen LogP contribution is -2.13. The minimum Gasteiger partial charge on any atom is -0.366 e. The molecule has 4 nitrogen and oxygen atoms in total. The Balaban J connectivity index is 2.36. The van der Waals surface area contributed by atoms with Crippen LogP contribution in [0.15, 0.2) is 46.2 Å². The normalized spacial score (nSPS) is 10.5. The van der Waals surface area contributed by atoms with Crippen molar-refractivity contribution in [2.45, 2.75) is 23.6 Å². The lowest BCUT2D eigenvalue weighted by Gasteiger charge is -2.12. The summed E-state index contributed by atoms with van der Waals surface area (Å²) in [6.07, 6.45) is 0. The number of aryl methyl sites for hydroxylation is 2. The van der Waals surface area contributed by atoms with E-state index in [1.54, 1.807) is 24.3 Å². The summed E-state index contributed by atoms with van der Waals surface area (Å²) in [6, 6.07) is 10.8.